The van der Waals surface area contributed by atoms with E-state index in [0.29, 0.717) is 11.7 Å². The number of alkyl halides is 3. The summed E-state index contributed by atoms with van der Waals surface area (Å²) < 4.78 is 41.7. The summed E-state index contributed by atoms with van der Waals surface area (Å²) in [6.45, 7) is 2.27. The van der Waals surface area contributed by atoms with Crippen LogP contribution in [0, 0.1) is 5.92 Å². The van der Waals surface area contributed by atoms with Crippen LogP contribution in [0.4, 0.5) is 13.2 Å². The second kappa shape index (κ2) is 9.88. The molecule has 0 amide bonds. The summed E-state index contributed by atoms with van der Waals surface area (Å²) >= 11 is 0. The van der Waals surface area contributed by atoms with Gasteiger partial charge in [0.2, 0.25) is 0 Å². The van der Waals surface area contributed by atoms with E-state index in [1.807, 2.05) is 12.1 Å². The van der Waals surface area contributed by atoms with Crippen LogP contribution in [-0.2, 0) is 0 Å². The predicted molar refractivity (Wildman–Crippen MR) is 96.0 cm³/mol. The minimum absolute atomic E-state index is 0.00173. The van der Waals surface area contributed by atoms with Gasteiger partial charge in [-0.1, -0.05) is 31.2 Å². The molecule has 1 aromatic carbocycles. The Labute approximate surface area is 149 Å². The van der Waals surface area contributed by atoms with E-state index in [9.17, 15) is 13.2 Å². The Morgan fingerprint density at radius 3 is 2.32 bits per heavy atom. The van der Waals surface area contributed by atoms with Gasteiger partial charge in [0.15, 0.2) is 0 Å². The maximum atomic E-state index is 12.1. The maximum absolute atomic E-state index is 12.1. The molecule has 4 heteroatoms. The molecule has 1 aromatic rings. The fourth-order valence-electron chi connectivity index (χ4n) is 3.49. The Kier molecular flexibility index (Phi) is 7.86. The maximum Gasteiger partial charge on any atom is 0.389 e. The molecule has 25 heavy (non-hydrogen) atoms. The SMILES string of the molecule is CCC=CCC1CCC(c2ccc(OCCCC(F)(F)F)cc2)CC1. The third-order valence-electron chi connectivity index (χ3n) is 4.94. The number of hydrogen-bond donors (Lipinski definition) is 0. The average molecular weight is 354 g/mol. The molecule has 0 spiro atoms. The molecular weight excluding hydrogens is 325 g/mol. The molecular formula is C21H29F3O. The Hall–Kier alpha value is -1.45. The predicted octanol–water partition coefficient (Wildman–Crippen LogP) is 7.04. The lowest BCUT2D eigenvalue weighted by molar-refractivity contribution is -0.136. The molecule has 0 heterocycles. The van der Waals surface area contributed by atoms with Crippen LogP contribution in [-0.4, -0.2) is 12.8 Å². The number of hydrogen-bond acceptors (Lipinski definition) is 1. The summed E-state index contributed by atoms with van der Waals surface area (Å²) in [5, 5.41) is 0. The van der Waals surface area contributed by atoms with Crippen LogP contribution in [0.2, 0.25) is 0 Å². The van der Waals surface area contributed by atoms with E-state index < -0.39 is 12.6 Å². The third-order valence-corrected chi connectivity index (χ3v) is 4.94. The lowest BCUT2D eigenvalue weighted by Crippen LogP contribution is -2.13. The quantitative estimate of drug-likeness (QED) is 0.359. The van der Waals surface area contributed by atoms with Crippen molar-refractivity contribution in [3.63, 3.8) is 0 Å². The van der Waals surface area contributed by atoms with Crippen molar-refractivity contribution in [2.45, 2.75) is 70.4 Å². The first-order chi connectivity index (χ1) is 12.0. The van der Waals surface area contributed by atoms with Gasteiger partial charge in [-0.05, 0) is 74.5 Å². The van der Waals surface area contributed by atoms with Crippen LogP contribution in [0.5, 0.6) is 5.75 Å². The zero-order valence-electron chi connectivity index (χ0n) is 15.0. The summed E-state index contributed by atoms with van der Waals surface area (Å²) in [5.41, 5.74) is 1.32. The molecule has 0 N–H and O–H groups in total. The van der Waals surface area contributed by atoms with E-state index in [4.69, 9.17) is 4.74 Å². The van der Waals surface area contributed by atoms with E-state index >= 15 is 0 Å². The van der Waals surface area contributed by atoms with Gasteiger partial charge in [0.25, 0.3) is 0 Å². The minimum Gasteiger partial charge on any atom is -0.494 e. The van der Waals surface area contributed by atoms with Crippen molar-refractivity contribution in [2.75, 3.05) is 6.61 Å². The molecule has 0 aromatic heterocycles. The first-order valence-electron chi connectivity index (χ1n) is 9.42. The van der Waals surface area contributed by atoms with Gasteiger partial charge in [0, 0.05) is 6.42 Å². The molecule has 1 aliphatic rings. The van der Waals surface area contributed by atoms with Crippen molar-refractivity contribution in [3.05, 3.63) is 42.0 Å². The fraction of sp³-hybridized carbons (Fsp3) is 0.619. The molecule has 1 nitrogen and oxygen atoms in total. The van der Waals surface area contributed by atoms with Gasteiger partial charge in [0.1, 0.15) is 5.75 Å². The van der Waals surface area contributed by atoms with Gasteiger partial charge in [-0.3, -0.25) is 0 Å². The van der Waals surface area contributed by atoms with Crippen LogP contribution in [0.25, 0.3) is 0 Å². The van der Waals surface area contributed by atoms with Crippen LogP contribution in [0.15, 0.2) is 36.4 Å². The van der Waals surface area contributed by atoms with Crippen LogP contribution >= 0.6 is 0 Å². The van der Waals surface area contributed by atoms with E-state index in [1.165, 1.54) is 37.7 Å². The number of rotatable bonds is 8. The second-order valence-corrected chi connectivity index (χ2v) is 6.97. The van der Waals surface area contributed by atoms with Crippen molar-refractivity contribution in [1.29, 1.82) is 0 Å². The van der Waals surface area contributed by atoms with Gasteiger partial charge < -0.3 is 4.74 Å². The average Bonchev–Trinajstić information content (AvgIpc) is 2.59. The lowest BCUT2D eigenvalue weighted by atomic mass is 9.77. The largest absolute Gasteiger partial charge is 0.494 e. The zero-order valence-corrected chi connectivity index (χ0v) is 15.0. The van der Waals surface area contributed by atoms with Gasteiger partial charge in [-0.25, -0.2) is 0 Å². The highest BCUT2D eigenvalue weighted by atomic mass is 19.4. The van der Waals surface area contributed by atoms with E-state index in [1.54, 1.807) is 0 Å². The third kappa shape index (κ3) is 7.54. The van der Waals surface area contributed by atoms with E-state index in [2.05, 4.69) is 31.2 Å². The summed E-state index contributed by atoms with van der Waals surface area (Å²) in [4.78, 5) is 0. The minimum atomic E-state index is -4.10. The first-order valence-corrected chi connectivity index (χ1v) is 9.42. The van der Waals surface area contributed by atoms with E-state index in [0.717, 1.165) is 12.3 Å². The van der Waals surface area contributed by atoms with Crippen molar-refractivity contribution in [3.8, 4) is 5.75 Å². The summed E-state index contributed by atoms with van der Waals surface area (Å²) in [6.07, 6.45) is 6.97. The second-order valence-electron chi connectivity index (χ2n) is 6.97. The first kappa shape index (κ1) is 19.9. The van der Waals surface area contributed by atoms with Crippen molar-refractivity contribution >= 4 is 0 Å². The molecule has 0 aliphatic heterocycles. The molecule has 0 bridgehead atoms. The standard InChI is InChI=1S/C21H29F3O/c1-2-3-4-6-17-7-9-18(10-8-17)19-11-13-20(14-12-19)25-16-5-15-21(22,23)24/h3-4,11-14,17-18H,2,5-10,15-16H2,1H3. The van der Waals surface area contributed by atoms with Crippen LogP contribution in [0.3, 0.4) is 0 Å². The molecule has 1 aliphatic carbocycles. The Morgan fingerprint density at radius 1 is 1.04 bits per heavy atom. The molecule has 1 saturated carbocycles. The number of halogens is 3. The number of benzene rings is 1. The van der Waals surface area contributed by atoms with Crippen LogP contribution in [0.1, 0.15) is 69.8 Å². The smallest absolute Gasteiger partial charge is 0.389 e. The Balaban J connectivity index is 1.72. The van der Waals surface area contributed by atoms with Crippen LogP contribution < -0.4 is 4.74 Å². The Bertz CT molecular complexity index is 511. The fourth-order valence-corrected chi connectivity index (χ4v) is 3.49. The summed E-state index contributed by atoms with van der Waals surface area (Å²) in [6, 6.07) is 7.92. The van der Waals surface area contributed by atoms with Crippen molar-refractivity contribution in [1.82, 2.24) is 0 Å². The summed E-state index contributed by atoms with van der Waals surface area (Å²) in [7, 11) is 0. The number of allylic oxidation sites excluding steroid dienone is 2. The highest BCUT2D eigenvalue weighted by Crippen LogP contribution is 2.37. The monoisotopic (exact) mass is 354 g/mol. The van der Waals surface area contributed by atoms with Gasteiger partial charge in [0.05, 0.1) is 6.61 Å². The molecule has 0 radical (unpaired) electrons. The molecule has 2 rings (SSSR count). The molecule has 1 fully saturated rings. The molecule has 0 atom stereocenters. The summed E-state index contributed by atoms with van der Waals surface area (Å²) in [5.74, 6) is 2.07. The van der Waals surface area contributed by atoms with Crippen molar-refractivity contribution in [2.24, 2.45) is 5.92 Å². The number of ether oxygens (including phenoxy) is 1. The lowest BCUT2D eigenvalue weighted by Gasteiger charge is -2.28. The van der Waals surface area contributed by atoms with Gasteiger partial charge in [-0.2, -0.15) is 13.2 Å². The molecule has 140 valence electrons. The van der Waals surface area contributed by atoms with Gasteiger partial charge in [-0.15, -0.1) is 0 Å². The topological polar surface area (TPSA) is 9.23 Å². The Morgan fingerprint density at radius 2 is 1.72 bits per heavy atom. The highest BCUT2D eigenvalue weighted by molar-refractivity contribution is 5.29. The molecule has 0 saturated heterocycles. The van der Waals surface area contributed by atoms with E-state index in [-0.39, 0.29) is 13.0 Å². The van der Waals surface area contributed by atoms with Crippen molar-refractivity contribution < 1.29 is 17.9 Å². The normalized spacial score (nSPS) is 21.6. The van der Waals surface area contributed by atoms with Gasteiger partial charge >= 0.3 is 6.18 Å². The zero-order chi connectivity index (χ0) is 18.1. The molecule has 0 unspecified atom stereocenters. The highest BCUT2D eigenvalue weighted by Gasteiger charge is 2.26.